The first-order valence-electron chi connectivity index (χ1n) is 6.29. The smallest absolute Gasteiger partial charge is 0.116 e. The Labute approximate surface area is 96.3 Å². The normalized spacial score (nSPS) is 18.1. The molecule has 2 aromatic heterocycles. The highest BCUT2D eigenvalue weighted by Crippen LogP contribution is 2.32. The number of pyridine rings is 1. The van der Waals surface area contributed by atoms with Gasteiger partial charge in [-0.1, -0.05) is 25.3 Å². The van der Waals surface area contributed by atoms with Crippen LogP contribution < -0.4 is 0 Å². The average Bonchev–Trinajstić information content (AvgIpc) is 2.75. The number of rotatable bonds is 1. The van der Waals surface area contributed by atoms with Crippen LogP contribution in [0.15, 0.2) is 24.5 Å². The van der Waals surface area contributed by atoms with Gasteiger partial charge < -0.3 is 4.40 Å². The predicted molar refractivity (Wildman–Crippen MR) is 65.8 cm³/mol. The predicted octanol–water partition coefficient (Wildman–Crippen LogP) is 3.69. The van der Waals surface area contributed by atoms with E-state index in [-0.39, 0.29) is 0 Å². The standard InChI is InChI=1S/C14H18N2/c1-11-6-5-9-16-13(11)10-15-14(16)12-7-3-2-4-8-12/h5-6,9-10,12H,2-4,7-8H2,1H3. The molecule has 0 atom stereocenters. The summed E-state index contributed by atoms with van der Waals surface area (Å²) in [5, 5.41) is 0. The number of aromatic nitrogens is 2. The summed E-state index contributed by atoms with van der Waals surface area (Å²) in [7, 11) is 0. The van der Waals surface area contributed by atoms with E-state index in [0.29, 0.717) is 5.92 Å². The molecule has 0 radical (unpaired) electrons. The maximum absolute atomic E-state index is 4.64. The van der Waals surface area contributed by atoms with Gasteiger partial charge in [0.05, 0.1) is 11.7 Å². The number of nitrogens with zero attached hydrogens (tertiary/aromatic N) is 2. The largest absolute Gasteiger partial charge is 0.303 e. The number of hydrogen-bond donors (Lipinski definition) is 0. The first kappa shape index (κ1) is 9.88. The Hall–Kier alpha value is -1.31. The van der Waals surface area contributed by atoms with Crippen molar-refractivity contribution in [1.82, 2.24) is 9.38 Å². The second-order valence-corrected chi connectivity index (χ2v) is 4.90. The molecule has 1 aliphatic rings. The summed E-state index contributed by atoms with van der Waals surface area (Å²) in [6.07, 6.45) is 10.9. The molecular formula is C14H18N2. The second kappa shape index (κ2) is 3.93. The fourth-order valence-electron chi connectivity index (χ4n) is 2.85. The Kier molecular flexibility index (Phi) is 2.43. The van der Waals surface area contributed by atoms with Gasteiger partial charge in [0.2, 0.25) is 0 Å². The minimum absolute atomic E-state index is 0.679. The highest BCUT2D eigenvalue weighted by molar-refractivity contribution is 5.53. The topological polar surface area (TPSA) is 17.3 Å². The van der Waals surface area contributed by atoms with Crippen LogP contribution in [0, 0.1) is 6.92 Å². The number of fused-ring (bicyclic) bond motifs is 1. The van der Waals surface area contributed by atoms with Crippen molar-refractivity contribution in [2.75, 3.05) is 0 Å². The molecule has 1 saturated carbocycles. The zero-order valence-corrected chi connectivity index (χ0v) is 9.82. The third-order valence-electron chi connectivity index (χ3n) is 3.78. The third kappa shape index (κ3) is 1.53. The van der Waals surface area contributed by atoms with Crippen LogP contribution >= 0.6 is 0 Å². The summed E-state index contributed by atoms with van der Waals surface area (Å²) in [6, 6.07) is 4.28. The molecule has 3 rings (SSSR count). The van der Waals surface area contributed by atoms with Crippen LogP contribution in [0.25, 0.3) is 5.52 Å². The number of aryl methyl sites for hydroxylation is 1. The Bertz CT molecular complexity index is 492. The van der Waals surface area contributed by atoms with E-state index >= 15 is 0 Å². The first-order chi connectivity index (χ1) is 7.86. The number of imidazole rings is 1. The van der Waals surface area contributed by atoms with Gasteiger partial charge in [0, 0.05) is 12.1 Å². The summed E-state index contributed by atoms with van der Waals surface area (Å²) in [5.41, 5.74) is 2.58. The summed E-state index contributed by atoms with van der Waals surface area (Å²) < 4.78 is 2.28. The molecule has 16 heavy (non-hydrogen) atoms. The van der Waals surface area contributed by atoms with Crippen LogP contribution in [-0.2, 0) is 0 Å². The maximum atomic E-state index is 4.64. The summed E-state index contributed by atoms with van der Waals surface area (Å²) >= 11 is 0. The summed E-state index contributed by atoms with van der Waals surface area (Å²) in [5.74, 6) is 1.96. The Morgan fingerprint density at radius 2 is 2.06 bits per heavy atom. The summed E-state index contributed by atoms with van der Waals surface area (Å²) in [6.45, 7) is 2.15. The Morgan fingerprint density at radius 1 is 1.25 bits per heavy atom. The lowest BCUT2D eigenvalue weighted by Crippen LogP contribution is -2.08. The lowest BCUT2D eigenvalue weighted by atomic mass is 9.89. The third-order valence-corrected chi connectivity index (χ3v) is 3.78. The minimum Gasteiger partial charge on any atom is -0.303 e. The molecule has 2 aromatic rings. The van der Waals surface area contributed by atoms with E-state index in [1.165, 1.54) is 49.0 Å². The Morgan fingerprint density at radius 3 is 2.88 bits per heavy atom. The van der Waals surface area contributed by atoms with Crippen LogP contribution in [0.2, 0.25) is 0 Å². The molecule has 0 N–H and O–H groups in total. The highest BCUT2D eigenvalue weighted by Gasteiger charge is 2.19. The highest BCUT2D eigenvalue weighted by atomic mass is 15.0. The van der Waals surface area contributed by atoms with Gasteiger partial charge in [0.25, 0.3) is 0 Å². The lowest BCUT2D eigenvalue weighted by Gasteiger charge is -2.20. The van der Waals surface area contributed by atoms with E-state index < -0.39 is 0 Å². The molecule has 0 bridgehead atoms. The van der Waals surface area contributed by atoms with Crippen molar-refractivity contribution in [3.8, 4) is 0 Å². The van der Waals surface area contributed by atoms with Gasteiger partial charge >= 0.3 is 0 Å². The van der Waals surface area contributed by atoms with Gasteiger partial charge in [-0.2, -0.15) is 0 Å². The molecule has 2 nitrogen and oxygen atoms in total. The molecule has 0 aliphatic heterocycles. The van der Waals surface area contributed by atoms with E-state index in [1.54, 1.807) is 0 Å². The van der Waals surface area contributed by atoms with Crippen molar-refractivity contribution >= 4 is 5.52 Å². The molecule has 0 saturated heterocycles. The lowest BCUT2D eigenvalue weighted by molar-refractivity contribution is 0.428. The molecule has 1 fully saturated rings. The van der Waals surface area contributed by atoms with E-state index in [0.717, 1.165) is 0 Å². The van der Waals surface area contributed by atoms with Gasteiger partial charge in [-0.25, -0.2) is 4.98 Å². The molecule has 0 aromatic carbocycles. The SMILES string of the molecule is Cc1cccn2c(C3CCCCC3)ncc12. The van der Waals surface area contributed by atoms with Gasteiger partial charge in [-0.15, -0.1) is 0 Å². The molecule has 0 amide bonds. The fraction of sp³-hybridized carbons (Fsp3) is 0.500. The number of hydrogen-bond acceptors (Lipinski definition) is 1. The van der Waals surface area contributed by atoms with Gasteiger partial charge in [0.1, 0.15) is 5.82 Å². The van der Waals surface area contributed by atoms with Crippen molar-refractivity contribution in [3.05, 3.63) is 35.9 Å². The van der Waals surface area contributed by atoms with E-state index in [4.69, 9.17) is 0 Å². The van der Waals surface area contributed by atoms with Crippen molar-refractivity contribution in [1.29, 1.82) is 0 Å². The first-order valence-corrected chi connectivity index (χ1v) is 6.29. The van der Waals surface area contributed by atoms with Gasteiger partial charge in [-0.3, -0.25) is 0 Å². The van der Waals surface area contributed by atoms with E-state index in [9.17, 15) is 0 Å². The fourth-order valence-corrected chi connectivity index (χ4v) is 2.85. The maximum Gasteiger partial charge on any atom is 0.116 e. The van der Waals surface area contributed by atoms with Crippen LogP contribution in [0.3, 0.4) is 0 Å². The molecular weight excluding hydrogens is 196 g/mol. The van der Waals surface area contributed by atoms with Crippen molar-refractivity contribution in [3.63, 3.8) is 0 Å². The molecule has 84 valence electrons. The second-order valence-electron chi connectivity index (χ2n) is 4.90. The minimum atomic E-state index is 0.679. The summed E-state index contributed by atoms with van der Waals surface area (Å²) in [4.78, 5) is 4.64. The molecule has 2 heterocycles. The van der Waals surface area contributed by atoms with Crippen LogP contribution in [0.4, 0.5) is 0 Å². The van der Waals surface area contributed by atoms with Crippen molar-refractivity contribution in [2.45, 2.75) is 44.9 Å². The van der Waals surface area contributed by atoms with Crippen molar-refractivity contribution < 1.29 is 0 Å². The van der Waals surface area contributed by atoms with E-state index in [1.807, 2.05) is 6.20 Å². The molecule has 0 spiro atoms. The zero-order valence-electron chi connectivity index (χ0n) is 9.82. The van der Waals surface area contributed by atoms with Crippen LogP contribution in [0.1, 0.15) is 49.4 Å². The molecule has 2 heteroatoms. The van der Waals surface area contributed by atoms with Crippen LogP contribution in [-0.4, -0.2) is 9.38 Å². The van der Waals surface area contributed by atoms with Crippen LogP contribution in [0.5, 0.6) is 0 Å². The van der Waals surface area contributed by atoms with E-state index in [2.05, 4.69) is 34.6 Å². The monoisotopic (exact) mass is 214 g/mol. The molecule has 0 unspecified atom stereocenters. The van der Waals surface area contributed by atoms with Gasteiger partial charge in [-0.05, 0) is 31.4 Å². The molecule has 1 aliphatic carbocycles. The quantitative estimate of drug-likeness (QED) is 0.707. The zero-order chi connectivity index (χ0) is 11.0. The van der Waals surface area contributed by atoms with Crippen molar-refractivity contribution in [2.24, 2.45) is 0 Å². The average molecular weight is 214 g/mol. The van der Waals surface area contributed by atoms with Gasteiger partial charge in [0.15, 0.2) is 0 Å². The Balaban J connectivity index is 2.06.